The maximum Gasteiger partial charge on any atom is 0.264 e. The number of sulfonamides is 1. The zero-order chi connectivity index (χ0) is 20.1. The van der Waals surface area contributed by atoms with Crippen molar-refractivity contribution < 1.29 is 17.9 Å². The Balaban J connectivity index is 1.85. The molecular weight excluding hydrogens is 378 g/mol. The van der Waals surface area contributed by atoms with E-state index >= 15 is 0 Å². The summed E-state index contributed by atoms with van der Waals surface area (Å²) in [6, 6.07) is 17.6. The average molecular weight is 397 g/mol. The maximum absolute atomic E-state index is 13.0. The van der Waals surface area contributed by atoms with E-state index in [1.54, 1.807) is 54.7 Å². The normalized spacial score (nSPS) is 10.9. The van der Waals surface area contributed by atoms with Crippen LogP contribution < -0.4 is 14.4 Å². The lowest BCUT2D eigenvalue weighted by Crippen LogP contribution is -2.26. The van der Waals surface area contributed by atoms with Crippen molar-refractivity contribution in [3.8, 4) is 5.75 Å². The lowest BCUT2D eigenvalue weighted by atomic mass is 10.2. The van der Waals surface area contributed by atoms with Crippen LogP contribution >= 0.6 is 0 Å². The van der Waals surface area contributed by atoms with Crippen molar-refractivity contribution >= 4 is 27.4 Å². The number of pyridine rings is 1. The van der Waals surface area contributed by atoms with E-state index in [9.17, 15) is 13.2 Å². The Morgan fingerprint density at radius 3 is 2.43 bits per heavy atom. The van der Waals surface area contributed by atoms with Crippen LogP contribution in [0.3, 0.4) is 0 Å². The van der Waals surface area contributed by atoms with Gasteiger partial charge in [-0.25, -0.2) is 13.4 Å². The van der Waals surface area contributed by atoms with Crippen LogP contribution in [0.1, 0.15) is 10.4 Å². The van der Waals surface area contributed by atoms with Crippen LogP contribution in [0.4, 0.5) is 11.5 Å². The number of anilines is 2. The summed E-state index contributed by atoms with van der Waals surface area (Å²) < 4.78 is 32.2. The second-order valence-corrected chi connectivity index (χ2v) is 7.84. The molecule has 0 aliphatic carbocycles. The third-order valence-corrected chi connectivity index (χ3v) is 5.88. The summed E-state index contributed by atoms with van der Waals surface area (Å²) in [5.41, 5.74) is 0.694. The SMILES string of the molecule is COc1ccc(N(C)S(=O)(=O)c2cccc(C(=O)Nc3ccccn3)c2)cc1. The van der Waals surface area contributed by atoms with Gasteiger partial charge in [0.2, 0.25) is 0 Å². The number of carbonyl (C=O) groups excluding carboxylic acids is 1. The van der Waals surface area contributed by atoms with Crippen molar-refractivity contribution in [1.29, 1.82) is 0 Å². The lowest BCUT2D eigenvalue weighted by molar-refractivity contribution is 0.102. The number of nitrogens with zero attached hydrogens (tertiary/aromatic N) is 2. The molecule has 1 aromatic heterocycles. The highest BCUT2D eigenvalue weighted by molar-refractivity contribution is 7.92. The molecule has 8 heteroatoms. The molecule has 0 radical (unpaired) electrons. The molecule has 2 aromatic carbocycles. The molecule has 0 saturated carbocycles. The first-order chi connectivity index (χ1) is 13.4. The quantitative estimate of drug-likeness (QED) is 0.690. The van der Waals surface area contributed by atoms with E-state index in [0.717, 1.165) is 4.31 Å². The van der Waals surface area contributed by atoms with E-state index in [1.165, 1.54) is 32.4 Å². The molecule has 0 atom stereocenters. The summed E-state index contributed by atoms with van der Waals surface area (Å²) >= 11 is 0. The van der Waals surface area contributed by atoms with Crippen molar-refractivity contribution in [2.75, 3.05) is 23.8 Å². The summed E-state index contributed by atoms with van der Waals surface area (Å²) in [7, 11) is -0.849. The standard InChI is InChI=1S/C20H19N3O4S/c1-23(16-9-11-17(27-2)12-10-16)28(25,26)18-7-5-6-15(14-18)20(24)22-19-8-3-4-13-21-19/h3-14H,1-2H3,(H,21,22,24). The van der Waals surface area contributed by atoms with Crippen LogP contribution in [0.15, 0.2) is 77.8 Å². The molecule has 0 spiro atoms. The van der Waals surface area contributed by atoms with Crippen LogP contribution in [0.5, 0.6) is 5.75 Å². The van der Waals surface area contributed by atoms with Crippen LogP contribution in [0.25, 0.3) is 0 Å². The van der Waals surface area contributed by atoms with Gasteiger partial charge in [0, 0.05) is 18.8 Å². The Hall–Kier alpha value is -3.39. The third-order valence-electron chi connectivity index (χ3n) is 4.10. The number of methoxy groups -OCH3 is 1. The fourth-order valence-corrected chi connectivity index (χ4v) is 3.75. The van der Waals surface area contributed by atoms with Crippen molar-refractivity contribution in [3.05, 3.63) is 78.5 Å². The van der Waals surface area contributed by atoms with Gasteiger partial charge in [-0.05, 0) is 54.6 Å². The van der Waals surface area contributed by atoms with Crippen LogP contribution in [-0.4, -0.2) is 33.5 Å². The van der Waals surface area contributed by atoms with Gasteiger partial charge in [-0.15, -0.1) is 0 Å². The number of rotatable bonds is 6. The van der Waals surface area contributed by atoms with E-state index in [0.29, 0.717) is 17.3 Å². The van der Waals surface area contributed by atoms with E-state index in [4.69, 9.17) is 4.74 Å². The van der Waals surface area contributed by atoms with E-state index in [1.807, 2.05) is 0 Å². The summed E-state index contributed by atoms with van der Waals surface area (Å²) in [6.45, 7) is 0. The van der Waals surface area contributed by atoms with Crippen molar-refractivity contribution in [2.45, 2.75) is 4.90 Å². The molecule has 1 heterocycles. The minimum atomic E-state index is -3.84. The number of benzene rings is 2. The molecule has 3 aromatic rings. The number of nitrogens with one attached hydrogen (secondary N) is 1. The molecule has 1 amide bonds. The highest BCUT2D eigenvalue weighted by Gasteiger charge is 2.22. The molecule has 28 heavy (non-hydrogen) atoms. The highest BCUT2D eigenvalue weighted by Crippen LogP contribution is 2.25. The Morgan fingerprint density at radius 1 is 1.04 bits per heavy atom. The van der Waals surface area contributed by atoms with Crippen molar-refractivity contribution in [3.63, 3.8) is 0 Å². The van der Waals surface area contributed by atoms with Gasteiger partial charge in [0.25, 0.3) is 15.9 Å². The van der Waals surface area contributed by atoms with Gasteiger partial charge < -0.3 is 10.1 Å². The third kappa shape index (κ3) is 4.12. The predicted octanol–water partition coefficient (Wildman–Crippen LogP) is 3.17. The largest absolute Gasteiger partial charge is 0.497 e. The Bertz CT molecular complexity index is 1070. The van der Waals surface area contributed by atoms with E-state index < -0.39 is 15.9 Å². The van der Waals surface area contributed by atoms with Gasteiger partial charge in [-0.3, -0.25) is 9.10 Å². The molecule has 0 unspecified atom stereocenters. The minimum absolute atomic E-state index is 0.0134. The molecule has 0 fully saturated rings. The smallest absolute Gasteiger partial charge is 0.264 e. The second kappa shape index (κ2) is 8.10. The monoisotopic (exact) mass is 397 g/mol. The van der Waals surface area contributed by atoms with Gasteiger partial charge in [0.05, 0.1) is 17.7 Å². The van der Waals surface area contributed by atoms with Gasteiger partial charge in [-0.2, -0.15) is 0 Å². The second-order valence-electron chi connectivity index (χ2n) is 5.87. The van der Waals surface area contributed by atoms with Crippen molar-refractivity contribution in [2.24, 2.45) is 0 Å². The topological polar surface area (TPSA) is 88.6 Å². The molecule has 3 rings (SSSR count). The molecule has 7 nitrogen and oxygen atoms in total. The molecule has 0 bridgehead atoms. The van der Waals surface area contributed by atoms with Gasteiger partial charge in [0.1, 0.15) is 11.6 Å². The van der Waals surface area contributed by atoms with Gasteiger partial charge in [-0.1, -0.05) is 12.1 Å². The molecule has 144 valence electrons. The van der Waals surface area contributed by atoms with Gasteiger partial charge >= 0.3 is 0 Å². The average Bonchev–Trinajstić information content (AvgIpc) is 2.74. The first kappa shape index (κ1) is 19.4. The zero-order valence-corrected chi connectivity index (χ0v) is 16.2. The Kier molecular flexibility index (Phi) is 5.60. The van der Waals surface area contributed by atoms with E-state index in [-0.39, 0.29) is 10.5 Å². The molecular formula is C20H19N3O4S. The molecule has 0 saturated heterocycles. The fourth-order valence-electron chi connectivity index (χ4n) is 2.51. The summed E-state index contributed by atoms with van der Waals surface area (Å²) in [4.78, 5) is 16.5. The zero-order valence-electron chi connectivity index (χ0n) is 15.4. The summed E-state index contributed by atoms with van der Waals surface area (Å²) in [6.07, 6.45) is 1.56. The lowest BCUT2D eigenvalue weighted by Gasteiger charge is -2.20. The number of hydrogen-bond donors (Lipinski definition) is 1. The molecule has 0 aliphatic heterocycles. The predicted molar refractivity (Wildman–Crippen MR) is 107 cm³/mol. The Labute approximate surface area is 163 Å². The van der Waals surface area contributed by atoms with Gasteiger partial charge in [0.15, 0.2) is 0 Å². The van der Waals surface area contributed by atoms with Crippen LogP contribution in [0.2, 0.25) is 0 Å². The van der Waals surface area contributed by atoms with E-state index in [2.05, 4.69) is 10.3 Å². The number of ether oxygens (including phenoxy) is 1. The fraction of sp³-hybridized carbons (Fsp3) is 0.100. The first-order valence-corrected chi connectivity index (χ1v) is 9.81. The number of amides is 1. The first-order valence-electron chi connectivity index (χ1n) is 8.37. The molecule has 1 N–H and O–H groups in total. The number of hydrogen-bond acceptors (Lipinski definition) is 5. The number of carbonyl (C=O) groups is 1. The minimum Gasteiger partial charge on any atom is -0.497 e. The summed E-state index contributed by atoms with van der Waals surface area (Å²) in [5, 5.41) is 2.64. The van der Waals surface area contributed by atoms with Crippen molar-refractivity contribution in [1.82, 2.24) is 4.98 Å². The Morgan fingerprint density at radius 2 is 1.79 bits per heavy atom. The van der Waals surface area contributed by atoms with Crippen LogP contribution in [-0.2, 0) is 10.0 Å². The number of aromatic nitrogens is 1. The maximum atomic E-state index is 13.0. The van der Waals surface area contributed by atoms with Crippen LogP contribution in [0, 0.1) is 0 Å². The molecule has 0 aliphatic rings. The summed E-state index contributed by atoms with van der Waals surface area (Å²) in [5.74, 6) is 0.571. The highest BCUT2D eigenvalue weighted by atomic mass is 32.2.